The highest BCUT2D eigenvalue weighted by molar-refractivity contribution is 6.05. The molecule has 1 aliphatic heterocycles. The second-order valence-electron chi connectivity index (χ2n) is 3.65. The standard InChI is InChI=1S/C12H14N2O3/c1-2-17-10-5-3-9(4-6-10)11(15)14-8-7-13-12(14)16/h3-6H,2,7-8H2,1H3,(H,13,16). The summed E-state index contributed by atoms with van der Waals surface area (Å²) in [4.78, 5) is 24.5. The van der Waals surface area contributed by atoms with Crippen LogP contribution in [0.1, 0.15) is 17.3 Å². The summed E-state index contributed by atoms with van der Waals surface area (Å²) in [5.74, 6) is 0.443. The number of urea groups is 1. The molecule has 1 aliphatic rings. The molecule has 0 radical (unpaired) electrons. The van der Waals surface area contributed by atoms with Gasteiger partial charge in [0.15, 0.2) is 0 Å². The molecule has 0 atom stereocenters. The van der Waals surface area contributed by atoms with Gasteiger partial charge in [0.05, 0.1) is 6.61 Å². The Labute approximate surface area is 99.4 Å². The van der Waals surface area contributed by atoms with Gasteiger partial charge in [-0.05, 0) is 31.2 Å². The van der Waals surface area contributed by atoms with Crippen LogP contribution in [0.3, 0.4) is 0 Å². The monoisotopic (exact) mass is 234 g/mol. The minimum Gasteiger partial charge on any atom is -0.494 e. The van der Waals surface area contributed by atoms with Gasteiger partial charge in [0, 0.05) is 18.7 Å². The van der Waals surface area contributed by atoms with Gasteiger partial charge in [-0.1, -0.05) is 0 Å². The summed E-state index contributed by atoms with van der Waals surface area (Å²) in [6.45, 7) is 3.42. The molecule has 90 valence electrons. The highest BCUT2D eigenvalue weighted by atomic mass is 16.5. The Morgan fingerprint density at radius 2 is 2.12 bits per heavy atom. The molecule has 1 N–H and O–H groups in total. The van der Waals surface area contributed by atoms with Crippen LogP contribution >= 0.6 is 0 Å². The third kappa shape index (κ3) is 2.38. The van der Waals surface area contributed by atoms with E-state index in [0.29, 0.717) is 25.3 Å². The third-order valence-electron chi connectivity index (χ3n) is 2.51. The van der Waals surface area contributed by atoms with Gasteiger partial charge >= 0.3 is 6.03 Å². The van der Waals surface area contributed by atoms with Gasteiger partial charge in [-0.3, -0.25) is 9.69 Å². The largest absolute Gasteiger partial charge is 0.494 e. The minimum absolute atomic E-state index is 0.275. The molecule has 0 unspecified atom stereocenters. The zero-order valence-electron chi connectivity index (χ0n) is 9.60. The van der Waals surface area contributed by atoms with Gasteiger partial charge in [0.1, 0.15) is 5.75 Å². The number of hydrogen-bond donors (Lipinski definition) is 1. The van der Waals surface area contributed by atoms with Crippen LogP contribution in [0, 0.1) is 0 Å². The quantitative estimate of drug-likeness (QED) is 0.856. The second kappa shape index (κ2) is 4.86. The van der Waals surface area contributed by atoms with E-state index in [-0.39, 0.29) is 11.9 Å². The van der Waals surface area contributed by atoms with Crippen molar-refractivity contribution in [2.24, 2.45) is 0 Å². The number of nitrogens with one attached hydrogen (secondary N) is 1. The Bertz CT molecular complexity index is 428. The number of ether oxygens (including phenoxy) is 1. The number of nitrogens with zero attached hydrogens (tertiary/aromatic N) is 1. The van der Waals surface area contributed by atoms with E-state index in [1.165, 1.54) is 4.90 Å². The fourth-order valence-corrected chi connectivity index (χ4v) is 1.68. The lowest BCUT2D eigenvalue weighted by atomic mass is 10.2. The van der Waals surface area contributed by atoms with Crippen molar-refractivity contribution in [3.8, 4) is 5.75 Å². The van der Waals surface area contributed by atoms with Crippen molar-refractivity contribution >= 4 is 11.9 Å². The summed E-state index contributed by atoms with van der Waals surface area (Å²) in [6.07, 6.45) is 0. The maximum Gasteiger partial charge on any atom is 0.324 e. The number of imide groups is 1. The molecular formula is C12H14N2O3. The number of benzene rings is 1. The molecule has 0 spiro atoms. The lowest BCUT2D eigenvalue weighted by molar-refractivity contribution is 0.0829. The zero-order valence-corrected chi connectivity index (χ0v) is 9.60. The molecule has 0 bridgehead atoms. The van der Waals surface area contributed by atoms with Crippen molar-refractivity contribution in [1.82, 2.24) is 10.2 Å². The average Bonchev–Trinajstić information content (AvgIpc) is 2.76. The maximum absolute atomic E-state index is 12.0. The molecule has 2 rings (SSSR count). The SMILES string of the molecule is CCOc1ccc(C(=O)N2CCNC2=O)cc1. The predicted molar refractivity (Wildman–Crippen MR) is 62.0 cm³/mol. The molecule has 5 nitrogen and oxygen atoms in total. The van der Waals surface area contributed by atoms with E-state index in [0.717, 1.165) is 5.75 Å². The zero-order chi connectivity index (χ0) is 12.3. The Hall–Kier alpha value is -2.04. The number of carbonyl (C=O) groups is 2. The lowest BCUT2D eigenvalue weighted by Crippen LogP contribution is -2.34. The lowest BCUT2D eigenvalue weighted by Gasteiger charge is -2.12. The maximum atomic E-state index is 12.0. The van der Waals surface area contributed by atoms with Crippen LogP contribution < -0.4 is 10.1 Å². The first-order valence-corrected chi connectivity index (χ1v) is 5.55. The van der Waals surface area contributed by atoms with Crippen LogP contribution in [0.25, 0.3) is 0 Å². The molecule has 0 aromatic heterocycles. The molecule has 5 heteroatoms. The van der Waals surface area contributed by atoms with Crippen molar-refractivity contribution in [2.45, 2.75) is 6.92 Å². The average molecular weight is 234 g/mol. The molecule has 1 saturated heterocycles. The van der Waals surface area contributed by atoms with E-state index in [9.17, 15) is 9.59 Å². The summed E-state index contributed by atoms with van der Waals surface area (Å²) in [6, 6.07) is 6.46. The molecular weight excluding hydrogens is 220 g/mol. The summed E-state index contributed by atoms with van der Waals surface area (Å²) in [5.41, 5.74) is 0.491. The van der Waals surface area contributed by atoms with Crippen LogP contribution in [0.15, 0.2) is 24.3 Å². The molecule has 0 saturated carbocycles. The van der Waals surface area contributed by atoms with Crippen molar-refractivity contribution in [3.05, 3.63) is 29.8 Å². The molecule has 17 heavy (non-hydrogen) atoms. The number of carbonyl (C=O) groups excluding carboxylic acids is 2. The number of rotatable bonds is 3. The van der Waals surface area contributed by atoms with Crippen LogP contribution in [0.2, 0.25) is 0 Å². The first-order valence-electron chi connectivity index (χ1n) is 5.55. The van der Waals surface area contributed by atoms with Crippen molar-refractivity contribution in [3.63, 3.8) is 0 Å². The summed E-state index contributed by atoms with van der Waals surface area (Å²) in [5, 5.41) is 2.59. The molecule has 1 fully saturated rings. The summed E-state index contributed by atoms with van der Waals surface area (Å²) in [7, 11) is 0. The van der Waals surface area contributed by atoms with Crippen molar-refractivity contribution in [1.29, 1.82) is 0 Å². The van der Waals surface area contributed by atoms with E-state index < -0.39 is 0 Å². The fraction of sp³-hybridized carbons (Fsp3) is 0.333. The highest BCUT2D eigenvalue weighted by Gasteiger charge is 2.26. The van der Waals surface area contributed by atoms with Crippen LogP contribution in [-0.4, -0.2) is 36.5 Å². The van der Waals surface area contributed by atoms with Gasteiger partial charge < -0.3 is 10.1 Å². The predicted octanol–water partition coefficient (Wildman–Crippen LogP) is 1.25. The smallest absolute Gasteiger partial charge is 0.324 e. The normalized spacial score (nSPS) is 14.6. The Kier molecular flexibility index (Phi) is 3.27. The Balaban J connectivity index is 2.11. The van der Waals surface area contributed by atoms with E-state index in [1.54, 1.807) is 24.3 Å². The van der Waals surface area contributed by atoms with Gasteiger partial charge in [-0.15, -0.1) is 0 Å². The summed E-state index contributed by atoms with van der Waals surface area (Å²) >= 11 is 0. The van der Waals surface area contributed by atoms with Crippen molar-refractivity contribution in [2.75, 3.05) is 19.7 Å². The third-order valence-corrected chi connectivity index (χ3v) is 2.51. The first-order chi connectivity index (χ1) is 8.22. The van der Waals surface area contributed by atoms with Crippen molar-refractivity contribution < 1.29 is 14.3 Å². The van der Waals surface area contributed by atoms with Gasteiger partial charge in [-0.25, -0.2) is 4.79 Å². The van der Waals surface area contributed by atoms with Crippen LogP contribution in [0.5, 0.6) is 5.75 Å². The first kappa shape index (κ1) is 11.4. The van der Waals surface area contributed by atoms with E-state index in [4.69, 9.17) is 4.74 Å². The van der Waals surface area contributed by atoms with E-state index >= 15 is 0 Å². The molecule has 0 aliphatic carbocycles. The van der Waals surface area contributed by atoms with Gasteiger partial charge in [0.2, 0.25) is 0 Å². The highest BCUT2D eigenvalue weighted by Crippen LogP contribution is 2.14. The van der Waals surface area contributed by atoms with E-state index in [2.05, 4.69) is 5.32 Å². The fourth-order valence-electron chi connectivity index (χ4n) is 1.68. The van der Waals surface area contributed by atoms with E-state index in [1.807, 2.05) is 6.92 Å². The van der Waals surface area contributed by atoms with Gasteiger partial charge in [0.25, 0.3) is 5.91 Å². The molecule has 1 aromatic rings. The molecule has 1 aromatic carbocycles. The minimum atomic E-state index is -0.330. The van der Waals surface area contributed by atoms with Gasteiger partial charge in [-0.2, -0.15) is 0 Å². The molecule has 1 heterocycles. The van der Waals surface area contributed by atoms with Crippen LogP contribution in [0.4, 0.5) is 4.79 Å². The Morgan fingerprint density at radius 3 is 2.65 bits per heavy atom. The molecule has 3 amide bonds. The topological polar surface area (TPSA) is 58.6 Å². The number of amides is 3. The number of hydrogen-bond acceptors (Lipinski definition) is 3. The second-order valence-corrected chi connectivity index (χ2v) is 3.65. The summed E-state index contributed by atoms with van der Waals surface area (Å²) < 4.78 is 5.28. The van der Waals surface area contributed by atoms with Crippen LogP contribution in [-0.2, 0) is 0 Å². The Morgan fingerprint density at radius 1 is 1.41 bits per heavy atom.